The molecular weight excluding hydrogens is 385 g/mol. The van der Waals surface area contributed by atoms with Crippen LogP contribution in [0.4, 0.5) is 0 Å². The monoisotopic (exact) mass is 399 g/mol. The van der Waals surface area contributed by atoms with Gasteiger partial charge in [-0.15, -0.1) is 0 Å². The highest BCUT2D eigenvalue weighted by atomic mass is 35.5. The van der Waals surface area contributed by atoms with Gasteiger partial charge in [0.05, 0.1) is 12.5 Å². The molecule has 132 valence electrons. The van der Waals surface area contributed by atoms with Crippen molar-refractivity contribution in [1.82, 2.24) is 5.32 Å². The van der Waals surface area contributed by atoms with Crippen LogP contribution in [0.2, 0.25) is 15.1 Å². The number of nitrogens with one attached hydrogen (secondary N) is 1. The average molecular weight is 401 g/mol. The molecule has 0 radical (unpaired) electrons. The third kappa shape index (κ3) is 5.92. The van der Waals surface area contributed by atoms with E-state index in [1.54, 1.807) is 30.3 Å². The quantitative estimate of drug-likeness (QED) is 0.720. The van der Waals surface area contributed by atoms with Crippen LogP contribution < -0.4 is 5.32 Å². The van der Waals surface area contributed by atoms with E-state index in [0.717, 1.165) is 5.56 Å². The van der Waals surface area contributed by atoms with Crippen LogP contribution in [0.25, 0.3) is 0 Å². The fourth-order valence-electron chi connectivity index (χ4n) is 2.16. The summed E-state index contributed by atoms with van der Waals surface area (Å²) in [7, 11) is 0. The summed E-state index contributed by atoms with van der Waals surface area (Å²) in [5.41, 5.74) is 1.37. The number of rotatable bonds is 6. The third-order valence-electron chi connectivity index (χ3n) is 3.49. The molecule has 1 N–H and O–H groups in total. The lowest BCUT2D eigenvalue weighted by atomic mass is 10.1. The predicted molar refractivity (Wildman–Crippen MR) is 99.1 cm³/mol. The smallest absolute Gasteiger partial charge is 0.310 e. The summed E-state index contributed by atoms with van der Waals surface area (Å²) in [5.74, 6) is -0.981. The van der Waals surface area contributed by atoms with Gasteiger partial charge in [0.15, 0.2) is 6.61 Å². The van der Waals surface area contributed by atoms with E-state index in [1.807, 2.05) is 19.1 Å². The number of hydrogen-bond donors (Lipinski definition) is 1. The first kappa shape index (κ1) is 19.6. The van der Waals surface area contributed by atoms with E-state index in [4.69, 9.17) is 39.5 Å². The highest BCUT2D eigenvalue weighted by molar-refractivity contribution is 6.36. The molecule has 0 saturated heterocycles. The number of esters is 1. The van der Waals surface area contributed by atoms with Gasteiger partial charge in [-0.05, 0) is 36.8 Å². The number of benzene rings is 2. The number of ether oxygens (including phenoxy) is 1. The van der Waals surface area contributed by atoms with Gasteiger partial charge in [-0.2, -0.15) is 0 Å². The minimum Gasteiger partial charge on any atom is -0.455 e. The Kier molecular flexibility index (Phi) is 7.12. The van der Waals surface area contributed by atoms with Gasteiger partial charge in [0.25, 0.3) is 5.91 Å². The van der Waals surface area contributed by atoms with E-state index < -0.39 is 11.9 Å². The Morgan fingerprint density at radius 2 is 1.64 bits per heavy atom. The highest BCUT2D eigenvalue weighted by Crippen LogP contribution is 2.24. The van der Waals surface area contributed by atoms with Crippen molar-refractivity contribution in [1.29, 1.82) is 0 Å². The minimum atomic E-state index is -0.579. The summed E-state index contributed by atoms with van der Waals surface area (Å²) in [6.45, 7) is 1.45. The van der Waals surface area contributed by atoms with E-state index in [0.29, 0.717) is 20.6 Å². The zero-order valence-corrected chi connectivity index (χ0v) is 15.7. The second-order valence-corrected chi connectivity index (χ2v) is 6.63. The zero-order valence-electron chi connectivity index (χ0n) is 13.4. The number of carbonyl (C=O) groups is 2. The molecular formula is C18H16Cl3NO3. The first-order valence-corrected chi connectivity index (χ1v) is 8.63. The summed E-state index contributed by atoms with van der Waals surface area (Å²) < 4.78 is 4.98. The molecule has 0 spiro atoms. The summed E-state index contributed by atoms with van der Waals surface area (Å²) >= 11 is 17.8. The van der Waals surface area contributed by atoms with Crippen molar-refractivity contribution in [3.05, 3.63) is 68.7 Å². The Bertz CT molecular complexity index is 742. The summed E-state index contributed by atoms with van der Waals surface area (Å²) in [4.78, 5) is 23.8. The largest absolute Gasteiger partial charge is 0.455 e. The van der Waals surface area contributed by atoms with Crippen molar-refractivity contribution in [2.24, 2.45) is 0 Å². The molecule has 0 unspecified atom stereocenters. The molecule has 0 aliphatic carbocycles. The van der Waals surface area contributed by atoms with E-state index >= 15 is 0 Å². The van der Waals surface area contributed by atoms with Gasteiger partial charge in [0, 0.05) is 20.6 Å². The fourth-order valence-corrected chi connectivity index (χ4v) is 2.82. The first-order valence-electron chi connectivity index (χ1n) is 7.50. The van der Waals surface area contributed by atoms with Crippen LogP contribution in [0.15, 0.2) is 42.5 Å². The summed E-state index contributed by atoms with van der Waals surface area (Å²) in [6.07, 6.45) is -0.0987. The summed E-state index contributed by atoms with van der Waals surface area (Å²) in [6, 6.07) is 11.8. The molecule has 7 heteroatoms. The molecule has 0 aliphatic rings. The molecule has 0 bridgehead atoms. The Hall–Kier alpha value is -1.75. The van der Waals surface area contributed by atoms with Gasteiger partial charge in [-0.25, -0.2) is 0 Å². The Morgan fingerprint density at radius 3 is 2.24 bits per heavy atom. The van der Waals surface area contributed by atoms with E-state index in [2.05, 4.69) is 5.32 Å². The number of carbonyl (C=O) groups excluding carboxylic acids is 2. The Labute approximate surface area is 161 Å². The van der Waals surface area contributed by atoms with Crippen molar-refractivity contribution in [3.63, 3.8) is 0 Å². The lowest BCUT2D eigenvalue weighted by Crippen LogP contribution is -2.31. The maximum absolute atomic E-state index is 11.9. The molecule has 25 heavy (non-hydrogen) atoms. The summed E-state index contributed by atoms with van der Waals surface area (Å²) in [5, 5.41) is 4.13. The maximum Gasteiger partial charge on any atom is 0.310 e. The third-order valence-corrected chi connectivity index (χ3v) is 4.45. The zero-order chi connectivity index (χ0) is 18.4. The lowest BCUT2D eigenvalue weighted by Gasteiger charge is -2.14. The van der Waals surface area contributed by atoms with Crippen molar-refractivity contribution in [2.75, 3.05) is 6.61 Å². The molecule has 0 aromatic heterocycles. The molecule has 2 aromatic rings. The van der Waals surface area contributed by atoms with Crippen molar-refractivity contribution in [2.45, 2.75) is 19.4 Å². The van der Waals surface area contributed by atoms with Crippen molar-refractivity contribution in [3.8, 4) is 0 Å². The van der Waals surface area contributed by atoms with Crippen LogP contribution in [-0.2, 0) is 20.7 Å². The number of halogens is 3. The highest BCUT2D eigenvalue weighted by Gasteiger charge is 2.15. The Balaban J connectivity index is 1.83. The molecule has 1 amide bonds. The second-order valence-electron chi connectivity index (χ2n) is 5.38. The van der Waals surface area contributed by atoms with Gasteiger partial charge >= 0.3 is 5.97 Å². The second kappa shape index (κ2) is 9.09. The van der Waals surface area contributed by atoms with Gasteiger partial charge in [-0.1, -0.05) is 53.0 Å². The molecule has 0 fully saturated rings. The molecule has 0 heterocycles. The van der Waals surface area contributed by atoms with E-state index in [-0.39, 0.29) is 19.1 Å². The van der Waals surface area contributed by atoms with Crippen LogP contribution in [0, 0.1) is 0 Å². The molecule has 0 saturated carbocycles. The van der Waals surface area contributed by atoms with Crippen molar-refractivity contribution < 1.29 is 14.3 Å². The number of hydrogen-bond acceptors (Lipinski definition) is 3. The van der Waals surface area contributed by atoms with Crippen LogP contribution in [0.1, 0.15) is 24.1 Å². The van der Waals surface area contributed by atoms with Crippen LogP contribution >= 0.6 is 34.8 Å². The van der Waals surface area contributed by atoms with E-state index in [9.17, 15) is 9.59 Å². The predicted octanol–water partition coefficient (Wildman–Crippen LogP) is 4.61. The molecule has 2 rings (SSSR count). The minimum absolute atomic E-state index is 0.0987. The first-order chi connectivity index (χ1) is 11.9. The maximum atomic E-state index is 11.9. The van der Waals surface area contributed by atoms with Gasteiger partial charge in [0.2, 0.25) is 0 Å². The standard InChI is InChI=1S/C18H16Cl3NO3/c1-11(12-5-7-13(19)8-6-12)22-17(23)10-25-18(24)9-14-15(20)3-2-4-16(14)21/h2-8,11H,9-10H2,1H3,(H,22,23)/t11-/m1/s1. The normalized spacial score (nSPS) is 11.7. The molecule has 2 aromatic carbocycles. The van der Waals surface area contributed by atoms with Gasteiger partial charge < -0.3 is 10.1 Å². The van der Waals surface area contributed by atoms with Crippen LogP contribution in [-0.4, -0.2) is 18.5 Å². The SMILES string of the molecule is C[C@@H](NC(=O)COC(=O)Cc1c(Cl)cccc1Cl)c1ccc(Cl)cc1. The van der Waals surface area contributed by atoms with E-state index in [1.165, 1.54) is 0 Å². The number of amides is 1. The average Bonchev–Trinajstić information content (AvgIpc) is 2.57. The lowest BCUT2D eigenvalue weighted by molar-refractivity contribution is -0.148. The molecule has 4 nitrogen and oxygen atoms in total. The van der Waals surface area contributed by atoms with Crippen molar-refractivity contribution >= 4 is 46.7 Å². The Morgan fingerprint density at radius 1 is 1.04 bits per heavy atom. The topological polar surface area (TPSA) is 55.4 Å². The van der Waals surface area contributed by atoms with Crippen LogP contribution in [0.3, 0.4) is 0 Å². The molecule has 0 aliphatic heterocycles. The molecule has 1 atom stereocenters. The van der Waals surface area contributed by atoms with Gasteiger partial charge in [0.1, 0.15) is 0 Å². The van der Waals surface area contributed by atoms with Crippen LogP contribution in [0.5, 0.6) is 0 Å². The van der Waals surface area contributed by atoms with Gasteiger partial charge in [-0.3, -0.25) is 9.59 Å². The fraction of sp³-hybridized carbons (Fsp3) is 0.222.